The van der Waals surface area contributed by atoms with Crippen molar-refractivity contribution in [1.82, 2.24) is 9.55 Å². The van der Waals surface area contributed by atoms with E-state index >= 15 is 0 Å². The molecule has 3 aromatic carbocycles. The molecule has 0 aliphatic rings. The zero-order chi connectivity index (χ0) is 23.8. The van der Waals surface area contributed by atoms with Gasteiger partial charge in [-0.2, -0.15) is 0 Å². The quantitative estimate of drug-likeness (QED) is 0.260. The summed E-state index contributed by atoms with van der Waals surface area (Å²) in [5, 5.41) is 12.0. The molecule has 0 radical (unpaired) electrons. The van der Waals surface area contributed by atoms with Crippen molar-refractivity contribution in [2.75, 3.05) is 5.75 Å². The summed E-state index contributed by atoms with van der Waals surface area (Å²) in [6.07, 6.45) is 1.78. The zero-order valence-electron chi connectivity index (χ0n) is 18.4. The number of benzene rings is 3. The Morgan fingerprint density at radius 3 is 2.36 bits per heavy atom. The van der Waals surface area contributed by atoms with Crippen LogP contribution in [0.1, 0.15) is 26.5 Å². The van der Waals surface area contributed by atoms with Crippen LogP contribution in [0.2, 0.25) is 15.1 Å². The third-order valence-corrected chi connectivity index (χ3v) is 7.21. The number of rotatable bonds is 6. The molecule has 0 saturated carbocycles. The largest absolute Gasteiger partial charge is 0.384 e. The summed E-state index contributed by atoms with van der Waals surface area (Å²) in [4.78, 5) is 5.91. The van der Waals surface area contributed by atoms with Gasteiger partial charge in [-0.25, -0.2) is 4.98 Å². The lowest BCUT2D eigenvalue weighted by Crippen LogP contribution is -2.15. The first kappa shape index (κ1) is 24.2. The van der Waals surface area contributed by atoms with E-state index in [4.69, 9.17) is 39.8 Å². The minimum absolute atomic E-state index is 0.395. The Bertz CT molecular complexity index is 1310. The minimum Gasteiger partial charge on any atom is -0.384 e. The highest BCUT2D eigenvalue weighted by Crippen LogP contribution is 2.38. The van der Waals surface area contributed by atoms with Gasteiger partial charge < -0.3 is 5.11 Å². The molecule has 0 fully saturated rings. The van der Waals surface area contributed by atoms with Crippen LogP contribution in [0.4, 0.5) is 0 Å². The molecule has 0 atom stereocenters. The van der Waals surface area contributed by atoms with Crippen LogP contribution in [0.5, 0.6) is 0 Å². The van der Waals surface area contributed by atoms with Crippen LogP contribution in [-0.4, -0.2) is 20.4 Å². The van der Waals surface area contributed by atoms with E-state index in [1.807, 2.05) is 34.9 Å². The van der Waals surface area contributed by atoms with Crippen LogP contribution < -0.4 is 0 Å². The Morgan fingerprint density at radius 1 is 0.939 bits per heavy atom. The van der Waals surface area contributed by atoms with E-state index in [9.17, 15) is 5.11 Å². The molecule has 4 aromatic rings. The van der Waals surface area contributed by atoms with Crippen molar-refractivity contribution in [1.29, 1.82) is 0 Å². The maximum absolute atomic E-state index is 10.6. The van der Waals surface area contributed by atoms with Crippen molar-refractivity contribution < 1.29 is 5.11 Å². The topological polar surface area (TPSA) is 38.0 Å². The van der Waals surface area contributed by atoms with Crippen molar-refractivity contribution in [3.8, 4) is 28.2 Å². The highest BCUT2D eigenvalue weighted by atomic mass is 35.5. The molecule has 4 rings (SSSR count). The molecule has 0 aliphatic carbocycles. The van der Waals surface area contributed by atoms with E-state index in [1.165, 1.54) is 4.90 Å². The number of nitrogens with zero attached hydrogens (tertiary/aromatic N) is 2. The molecular formula is C26H23Cl3N2OS. The summed E-state index contributed by atoms with van der Waals surface area (Å²) in [5.41, 5.74) is 2.86. The number of hydrogen-bond acceptors (Lipinski definition) is 3. The lowest BCUT2D eigenvalue weighted by Gasteiger charge is -2.13. The Hall–Kier alpha value is -1.95. The van der Waals surface area contributed by atoms with Crippen molar-refractivity contribution in [3.63, 3.8) is 0 Å². The molecule has 0 aliphatic heterocycles. The van der Waals surface area contributed by atoms with Gasteiger partial charge in [0, 0.05) is 16.7 Å². The smallest absolute Gasteiger partial charge is 0.146 e. The van der Waals surface area contributed by atoms with E-state index in [-0.39, 0.29) is 0 Å². The Labute approximate surface area is 213 Å². The standard InChI is InChI=1S/C26H23Cl3N2OS/c1-4-33-18-8-5-7-16(13-18)17-11-12-22(21(28)14-17)31-15-23(26(2,3)32)30-25(31)19-9-6-10-20(27)24(19)29/h5-15,32H,4H2,1-3H3. The zero-order valence-corrected chi connectivity index (χ0v) is 21.5. The van der Waals surface area contributed by atoms with Gasteiger partial charge >= 0.3 is 0 Å². The number of aromatic nitrogens is 2. The maximum atomic E-state index is 10.6. The van der Waals surface area contributed by atoms with Crippen molar-refractivity contribution in [2.24, 2.45) is 0 Å². The predicted octanol–water partition coefficient (Wildman–Crippen LogP) is 8.51. The van der Waals surface area contributed by atoms with Crippen LogP contribution >= 0.6 is 46.6 Å². The number of hydrogen-bond donors (Lipinski definition) is 1. The molecular weight excluding hydrogens is 495 g/mol. The lowest BCUT2D eigenvalue weighted by molar-refractivity contribution is 0.0743. The first-order chi connectivity index (χ1) is 15.7. The molecule has 0 bridgehead atoms. The molecule has 1 aromatic heterocycles. The van der Waals surface area contributed by atoms with Crippen LogP contribution in [0.25, 0.3) is 28.2 Å². The van der Waals surface area contributed by atoms with E-state index in [0.717, 1.165) is 22.6 Å². The van der Waals surface area contributed by atoms with Gasteiger partial charge in [-0.15, -0.1) is 11.8 Å². The molecule has 1 heterocycles. The molecule has 0 saturated heterocycles. The molecule has 33 heavy (non-hydrogen) atoms. The Morgan fingerprint density at radius 2 is 1.67 bits per heavy atom. The van der Waals surface area contributed by atoms with Crippen LogP contribution in [0.3, 0.4) is 0 Å². The number of imidazole rings is 1. The molecule has 3 nitrogen and oxygen atoms in total. The fourth-order valence-corrected chi connectivity index (χ4v) is 4.91. The van der Waals surface area contributed by atoms with Gasteiger partial charge in [-0.05, 0) is 67.1 Å². The van der Waals surface area contributed by atoms with E-state index < -0.39 is 5.60 Å². The first-order valence-electron chi connectivity index (χ1n) is 10.5. The van der Waals surface area contributed by atoms with Gasteiger partial charge in [0.05, 0.1) is 26.4 Å². The molecule has 0 amide bonds. The van der Waals surface area contributed by atoms with Crippen LogP contribution in [0.15, 0.2) is 71.8 Å². The minimum atomic E-state index is -1.14. The van der Waals surface area contributed by atoms with E-state index in [1.54, 1.807) is 37.9 Å². The van der Waals surface area contributed by atoms with Gasteiger partial charge in [0.25, 0.3) is 0 Å². The normalized spacial score (nSPS) is 11.7. The predicted molar refractivity (Wildman–Crippen MR) is 141 cm³/mol. The van der Waals surface area contributed by atoms with Gasteiger partial charge in [-0.3, -0.25) is 4.57 Å². The number of thioether (sulfide) groups is 1. The number of halogens is 3. The van der Waals surface area contributed by atoms with Crippen LogP contribution in [0, 0.1) is 0 Å². The van der Waals surface area contributed by atoms with Crippen molar-refractivity contribution in [2.45, 2.75) is 31.3 Å². The molecule has 0 unspecified atom stereocenters. The Balaban J connectivity index is 1.84. The first-order valence-corrected chi connectivity index (χ1v) is 12.6. The van der Waals surface area contributed by atoms with Crippen molar-refractivity contribution in [3.05, 3.63) is 87.6 Å². The third-order valence-electron chi connectivity index (χ3n) is 5.21. The molecule has 0 spiro atoms. The van der Waals surface area contributed by atoms with E-state index in [0.29, 0.717) is 32.1 Å². The summed E-state index contributed by atoms with van der Waals surface area (Å²) in [5.74, 6) is 1.57. The fraction of sp³-hybridized carbons (Fsp3) is 0.192. The highest BCUT2D eigenvalue weighted by molar-refractivity contribution is 7.99. The lowest BCUT2D eigenvalue weighted by atomic mass is 10.1. The highest BCUT2D eigenvalue weighted by Gasteiger charge is 2.25. The van der Waals surface area contributed by atoms with Gasteiger partial charge in [-0.1, -0.05) is 66.0 Å². The maximum Gasteiger partial charge on any atom is 0.146 e. The monoisotopic (exact) mass is 516 g/mol. The summed E-state index contributed by atoms with van der Waals surface area (Å²) >= 11 is 21.4. The average Bonchev–Trinajstić information content (AvgIpc) is 3.21. The number of aliphatic hydroxyl groups is 1. The second kappa shape index (κ2) is 9.73. The fourth-order valence-electron chi connectivity index (χ4n) is 3.54. The van der Waals surface area contributed by atoms with Gasteiger partial charge in [0.2, 0.25) is 0 Å². The van der Waals surface area contributed by atoms with Crippen molar-refractivity contribution >= 4 is 46.6 Å². The van der Waals surface area contributed by atoms with Gasteiger partial charge in [0.1, 0.15) is 11.4 Å². The second-order valence-electron chi connectivity index (χ2n) is 8.11. The van der Waals surface area contributed by atoms with E-state index in [2.05, 4.69) is 31.2 Å². The molecule has 7 heteroatoms. The summed E-state index contributed by atoms with van der Waals surface area (Å²) < 4.78 is 1.85. The average molecular weight is 518 g/mol. The molecule has 1 N–H and O–H groups in total. The molecule has 170 valence electrons. The summed E-state index contributed by atoms with van der Waals surface area (Å²) in [6.45, 7) is 5.52. The summed E-state index contributed by atoms with van der Waals surface area (Å²) in [7, 11) is 0. The summed E-state index contributed by atoms with van der Waals surface area (Å²) in [6, 6.07) is 19.7. The van der Waals surface area contributed by atoms with Crippen LogP contribution in [-0.2, 0) is 5.60 Å². The third kappa shape index (κ3) is 5.11. The SMILES string of the molecule is CCSc1cccc(-c2ccc(-n3cc(C(C)(C)O)nc3-c3cccc(Cl)c3Cl)c(Cl)c2)c1. The second-order valence-corrected chi connectivity index (χ2v) is 10.6. The Kier molecular flexibility index (Phi) is 7.13. The van der Waals surface area contributed by atoms with Gasteiger partial charge in [0.15, 0.2) is 0 Å².